The van der Waals surface area contributed by atoms with Crippen molar-refractivity contribution < 1.29 is 8.42 Å². The lowest BCUT2D eigenvalue weighted by Crippen LogP contribution is -2.38. The second-order valence-electron chi connectivity index (χ2n) is 2.99. The zero-order chi connectivity index (χ0) is 7.78. The maximum absolute atomic E-state index is 11.1. The van der Waals surface area contributed by atoms with E-state index in [0.717, 1.165) is 6.42 Å². The van der Waals surface area contributed by atoms with Crippen molar-refractivity contribution in [2.75, 3.05) is 19.3 Å². The van der Waals surface area contributed by atoms with E-state index in [0.29, 0.717) is 18.2 Å². The van der Waals surface area contributed by atoms with E-state index >= 15 is 0 Å². The van der Waals surface area contributed by atoms with Crippen molar-refractivity contribution in [2.24, 2.45) is 5.92 Å². The van der Waals surface area contributed by atoms with E-state index in [1.165, 1.54) is 4.31 Å². The minimum atomic E-state index is -2.88. The van der Waals surface area contributed by atoms with Crippen LogP contribution in [0.3, 0.4) is 0 Å². The van der Waals surface area contributed by atoms with Gasteiger partial charge in [0.25, 0.3) is 0 Å². The highest BCUT2D eigenvalue weighted by atomic mass is 32.2. The molecule has 1 aliphatic heterocycles. The molecule has 0 aromatic heterocycles. The summed E-state index contributed by atoms with van der Waals surface area (Å²) in [6, 6.07) is 0. The molecule has 0 amide bonds. The molecule has 0 radical (unpaired) electrons. The zero-order valence-electron chi connectivity index (χ0n) is 6.37. The molecule has 1 saturated heterocycles. The van der Waals surface area contributed by atoms with Crippen LogP contribution in [0.25, 0.3) is 0 Å². The summed E-state index contributed by atoms with van der Waals surface area (Å²) in [5.74, 6) is 0.657. The van der Waals surface area contributed by atoms with Gasteiger partial charge in [0, 0.05) is 13.6 Å². The summed E-state index contributed by atoms with van der Waals surface area (Å²) in [7, 11) is -1.24. The molecule has 0 bridgehead atoms. The summed E-state index contributed by atoms with van der Waals surface area (Å²) < 4.78 is 23.7. The molecule has 0 aliphatic carbocycles. The van der Waals surface area contributed by atoms with Gasteiger partial charge >= 0.3 is 0 Å². The van der Waals surface area contributed by atoms with Gasteiger partial charge in [-0.05, 0) is 12.3 Å². The molecular weight excluding hydrogens is 150 g/mol. The van der Waals surface area contributed by atoms with Gasteiger partial charge in [-0.1, -0.05) is 6.92 Å². The molecule has 1 aliphatic rings. The lowest BCUT2D eigenvalue weighted by atomic mass is 10.1. The number of hydrogen-bond acceptors (Lipinski definition) is 2. The topological polar surface area (TPSA) is 37.4 Å². The van der Waals surface area contributed by atoms with Gasteiger partial charge in [-0.2, -0.15) is 0 Å². The highest BCUT2D eigenvalue weighted by molar-refractivity contribution is 7.89. The maximum atomic E-state index is 11.1. The second kappa shape index (κ2) is 2.51. The summed E-state index contributed by atoms with van der Waals surface area (Å²) in [6.45, 7) is 2.66. The third kappa shape index (κ3) is 1.49. The standard InChI is InChI=1S/C6H13NO2S/c1-6-3-4-7(2)10(8,9)5-6/h6H,3-5H2,1-2H3. The van der Waals surface area contributed by atoms with E-state index in [1.807, 2.05) is 6.92 Å². The number of rotatable bonds is 0. The van der Waals surface area contributed by atoms with Crippen LogP contribution in [0, 0.1) is 5.92 Å². The fourth-order valence-corrected chi connectivity index (χ4v) is 2.64. The van der Waals surface area contributed by atoms with Crippen molar-refractivity contribution in [3.63, 3.8) is 0 Å². The number of nitrogens with zero attached hydrogens (tertiary/aromatic N) is 1. The zero-order valence-corrected chi connectivity index (χ0v) is 7.19. The first-order valence-electron chi connectivity index (χ1n) is 3.46. The summed E-state index contributed by atoms with van der Waals surface area (Å²) in [6.07, 6.45) is 0.996. The third-order valence-corrected chi connectivity index (χ3v) is 4.03. The Hall–Kier alpha value is -0.0900. The van der Waals surface area contributed by atoms with Crippen molar-refractivity contribution in [3.05, 3.63) is 0 Å². The van der Waals surface area contributed by atoms with Crippen molar-refractivity contribution >= 4 is 10.0 Å². The first-order chi connectivity index (χ1) is 4.52. The van der Waals surface area contributed by atoms with Gasteiger partial charge in [0.2, 0.25) is 10.0 Å². The van der Waals surface area contributed by atoms with Crippen LogP contribution in [-0.2, 0) is 10.0 Å². The fourth-order valence-electron chi connectivity index (χ4n) is 1.11. The van der Waals surface area contributed by atoms with Gasteiger partial charge in [-0.3, -0.25) is 0 Å². The van der Waals surface area contributed by atoms with Crippen molar-refractivity contribution in [2.45, 2.75) is 13.3 Å². The van der Waals surface area contributed by atoms with E-state index in [-0.39, 0.29) is 0 Å². The van der Waals surface area contributed by atoms with Crippen molar-refractivity contribution in [3.8, 4) is 0 Å². The molecule has 1 rings (SSSR count). The van der Waals surface area contributed by atoms with Crippen LogP contribution in [0.15, 0.2) is 0 Å². The van der Waals surface area contributed by atoms with Gasteiger partial charge in [0.15, 0.2) is 0 Å². The minimum Gasteiger partial charge on any atom is -0.212 e. The lowest BCUT2D eigenvalue weighted by Gasteiger charge is -2.26. The molecular formula is C6H13NO2S. The fraction of sp³-hybridized carbons (Fsp3) is 1.00. The Morgan fingerprint density at radius 3 is 2.50 bits per heavy atom. The SMILES string of the molecule is CC1CCN(C)S(=O)(=O)C1. The molecule has 0 aromatic rings. The van der Waals surface area contributed by atoms with Gasteiger partial charge in [0.1, 0.15) is 0 Å². The first kappa shape index (κ1) is 8.01. The molecule has 4 heteroatoms. The highest BCUT2D eigenvalue weighted by Crippen LogP contribution is 2.16. The van der Waals surface area contributed by atoms with Crippen LogP contribution >= 0.6 is 0 Å². The predicted molar refractivity (Wildman–Crippen MR) is 40.2 cm³/mol. The van der Waals surface area contributed by atoms with Crippen LogP contribution in [-0.4, -0.2) is 32.1 Å². The molecule has 60 valence electrons. The summed E-state index contributed by atoms with van der Waals surface area (Å²) >= 11 is 0. The number of sulfonamides is 1. The quantitative estimate of drug-likeness (QED) is 0.514. The van der Waals surface area contributed by atoms with Crippen LogP contribution in [0.4, 0.5) is 0 Å². The van der Waals surface area contributed by atoms with Crippen molar-refractivity contribution in [1.82, 2.24) is 4.31 Å². The Morgan fingerprint density at radius 1 is 1.50 bits per heavy atom. The monoisotopic (exact) mass is 163 g/mol. The van der Waals surface area contributed by atoms with Gasteiger partial charge in [-0.25, -0.2) is 12.7 Å². The Kier molecular flexibility index (Phi) is 2.01. The van der Waals surface area contributed by atoms with E-state index < -0.39 is 10.0 Å². The summed E-state index contributed by atoms with van der Waals surface area (Å²) in [5, 5.41) is 0. The van der Waals surface area contributed by atoms with E-state index in [9.17, 15) is 8.42 Å². The lowest BCUT2D eigenvalue weighted by molar-refractivity contribution is 0.390. The van der Waals surface area contributed by atoms with Gasteiger partial charge in [0.05, 0.1) is 5.75 Å². The molecule has 1 heterocycles. The molecule has 0 aromatic carbocycles. The molecule has 1 unspecified atom stereocenters. The first-order valence-corrected chi connectivity index (χ1v) is 5.07. The van der Waals surface area contributed by atoms with E-state index in [2.05, 4.69) is 0 Å². The largest absolute Gasteiger partial charge is 0.214 e. The van der Waals surface area contributed by atoms with E-state index in [4.69, 9.17) is 0 Å². The van der Waals surface area contributed by atoms with Gasteiger partial charge < -0.3 is 0 Å². The summed E-state index contributed by atoms with van der Waals surface area (Å²) in [4.78, 5) is 0. The molecule has 0 N–H and O–H groups in total. The summed E-state index contributed by atoms with van der Waals surface area (Å²) in [5.41, 5.74) is 0. The molecule has 0 saturated carbocycles. The van der Waals surface area contributed by atoms with Crippen LogP contribution < -0.4 is 0 Å². The Morgan fingerprint density at radius 2 is 2.10 bits per heavy atom. The van der Waals surface area contributed by atoms with Crippen molar-refractivity contribution in [1.29, 1.82) is 0 Å². The Balaban J connectivity index is 2.74. The molecule has 1 fully saturated rings. The Bertz CT molecular complexity index is 210. The maximum Gasteiger partial charge on any atom is 0.214 e. The van der Waals surface area contributed by atoms with Crippen LogP contribution in [0.1, 0.15) is 13.3 Å². The highest BCUT2D eigenvalue weighted by Gasteiger charge is 2.26. The second-order valence-corrected chi connectivity index (χ2v) is 5.11. The minimum absolute atomic E-state index is 0.323. The average molecular weight is 163 g/mol. The molecule has 3 nitrogen and oxygen atoms in total. The average Bonchev–Trinajstić information content (AvgIpc) is 1.78. The molecule has 0 spiro atoms. The van der Waals surface area contributed by atoms with E-state index in [1.54, 1.807) is 7.05 Å². The molecule has 10 heavy (non-hydrogen) atoms. The van der Waals surface area contributed by atoms with Crippen LogP contribution in [0.2, 0.25) is 0 Å². The Labute approximate surface area is 62.1 Å². The number of hydrogen-bond donors (Lipinski definition) is 0. The molecule has 1 atom stereocenters. The van der Waals surface area contributed by atoms with Gasteiger partial charge in [-0.15, -0.1) is 0 Å². The smallest absolute Gasteiger partial charge is 0.212 e. The normalized spacial score (nSPS) is 34.0. The van der Waals surface area contributed by atoms with Crippen LogP contribution in [0.5, 0.6) is 0 Å². The third-order valence-electron chi connectivity index (χ3n) is 1.91. The predicted octanol–water partition coefficient (Wildman–Crippen LogP) is 0.288.